The molecular formula is C28H34F3N3O2. The van der Waals surface area contributed by atoms with Gasteiger partial charge in [-0.15, -0.1) is 0 Å². The monoisotopic (exact) mass is 501 g/mol. The van der Waals surface area contributed by atoms with Gasteiger partial charge in [0.05, 0.1) is 18.7 Å². The molecule has 0 saturated carbocycles. The van der Waals surface area contributed by atoms with Crippen LogP contribution in [-0.4, -0.2) is 42.9 Å². The Balaban J connectivity index is 1.46. The maximum atomic E-state index is 15.8. The van der Waals surface area contributed by atoms with Gasteiger partial charge in [0.15, 0.2) is 0 Å². The number of aliphatic hydroxyl groups excluding tert-OH is 1. The van der Waals surface area contributed by atoms with E-state index >= 15 is 4.39 Å². The van der Waals surface area contributed by atoms with Crippen LogP contribution in [0.5, 0.6) is 5.75 Å². The Morgan fingerprint density at radius 3 is 2.53 bits per heavy atom. The normalized spacial score (nSPS) is 17.1. The topological polar surface area (TPSA) is 66.4 Å². The van der Waals surface area contributed by atoms with Crippen LogP contribution in [-0.2, 0) is 0 Å². The molecule has 1 aromatic heterocycles. The first-order valence-electron chi connectivity index (χ1n) is 12.5. The van der Waals surface area contributed by atoms with Crippen LogP contribution in [0, 0.1) is 24.0 Å². The minimum atomic E-state index is -1.21. The van der Waals surface area contributed by atoms with Gasteiger partial charge >= 0.3 is 0 Å². The second-order valence-electron chi connectivity index (χ2n) is 9.75. The number of ether oxygens (including phenoxy) is 1. The van der Waals surface area contributed by atoms with Gasteiger partial charge in [-0.2, -0.15) is 0 Å². The third kappa shape index (κ3) is 5.93. The first-order chi connectivity index (χ1) is 17.3. The van der Waals surface area contributed by atoms with Crippen molar-refractivity contribution in [2.24, 2.45) is 5.41 Å². The SMILES string of the molecule is COc1ccc2ncc(C)c([C@H](F)CCC3([C@@H](O)CCNc4cc(F)cc(F)c4)CCNCC3)c2c1. The summed E-state index contributed by atoms with van der Waals surface area (Å²) in [5.74, 6) is -0.656. The van der Waals surface area contributed by atoms with E-state index in [1.165, 1.54) is 12.1 Å². The van der Waals surface area contributed by atoms with E-state index in [1.54, 1.807) is 13.3 Å². The van der Waals surface area contributed by atoms with Gasteiger partial charge in [-0.1, -0.05) is 0 Å². The molecule has 0 unspecified atom stereocenters. The second kappa shape index (κ2) is 11.5. The average molecular weight is 502 g/mol. The number of halogens is 3. The van der Waals surface area contributed by atoms with Crippen LogP contribution in [0.4, 0.5) is 18.9 Å². The highest BCUT2D eigenvalue weighted by atomic mass is 19.1. The molecule has 3 N–H and O–H groups in total. The molecule has 0 aliphatic carbocycles. The van der Waals surface area contributed by atoms with Gasteiger partial charge in [-0.3, -0.25) is 4.98 Å². The van der Waals surface area contributed by atoms with E-state index in [2.05, 4.69) is 15.6 Å². The zero-order chi connectivity index (χ0) is 25.7. The van der Waals surface area contributed by atoms with Gasteiger partial charge in [-0.25, -0.2) is 13.2 Å². The molecule has 194 valence electrons. The number of rotatable bonds is 10. The third-order valence-corrected chi connectivity index (χ3v) is 7.44. The van der Waals surface area contributed by atoms with Gasteiger partial charge < -0.3 is 20.5 Å². The van der Waals surface area contributed by atoms with Crippen LogP contribution in [0.1, 0.15) is 49.4 Å². The Bertz CT molecular complexity index is 1160. The number of alkyl halides is 1. The Morgan fingerprint density at radius 2 is 1.83 bits per heavy atom. The fourth-order valence-electron chi connectivity index (χ4n) is 5.38. The van der Waals surface area contributed by atoms with Gasteiger partial charge in [0.2, 0.25) is 0 Å². The number of nitrogens with zero attached hydrogens (tertiary/aromatic N) is 1. The molecule has 2 atom stereocenters. The molecule has 0 bridgehead atoms. The molecule has 0 amide bonds. The highest BCUT2D eigenvalue weighted by molar-refractivity contribution is 5.84. The molecule has 1 saturated heterocycles. The van der Waals surface area contributed by atoms with Crippen molar-refractivity contribution in [3.8, 4) is 5.75 Å². The summed E-state index contributed by atoms with van der Waals surface area (Å²) < 4.78 is 48.1. The fourth-order valence-corrected chi connectivity index (χ4v) is 5.38. The van der Waals surface area contributed by atoms with Gasteiger partial charge in [-0.05, 0) is 99.0 Å². The van der Waals surface area contributed by atoms with Crippen molar-refractivity contribution >= 4 is 16.6 Å². The smallest absolute Gasteiger partial charge is 0.128 e. The van der Waals surface area contributed by atoms with Gasteiger partial charge in [0, 0.05) is 29.9 Å². The maximum Gasteiger partial charge on any atom is 0.128 e. The van der Waals surface area contributed by atoms with E-state index < -0.39 is 29.3 Å². The summed E-state index contributed by atoms with van der Waals surface area (Å²) in [5, 5.41) is 18.3. The van der Waals surface area contributed by atoms with Crippen molar-refractivity contribution in [2.75, 3.05) is 32.1 Å². The van der Waals surface area contributed by atoms with Crippen molar-refractivity contribution in [1.82, 2.24) is 10.3 Å². The number of methoxy groups -OCH3 is 1. The molecule has 2 heterocycles. The summed E-state index contributed by atoms with van der Waals surface area (Å²) in [4.78, 5) is 4.44. The first kappa shape index (κ1) is 26.2. The molecule has 8 heteroatoms. The summed E-state index contributed by atoms with van der Waals surface area (Å²) in [6.07, 6.45) is 2.48. The van der Waals surface area contributed by atoms with Crippen molar-refractivity contribution in [3.63, 3.8) is 0 Å². The van der Waals surface area contributed by atoms with E-state index in [9.17, 15) is 13.9 Å². The molecule has 3 aromatic rings. The Hall–Kier alpha value is -2.84. The molecule has 1 aliphatic rings. The van der Waals surface area contributed by atoms with Crippen molar-refractivity contribution < 1.29 is 23.0 Å². The average Bonchev–Trinajstić information content (AvgIpc) is 2.86. The van der Waals surface area contributed by atoms with Crippen molar-refractivity contribution in [2.45, 2.75) is 51.3 Å². The highest BCUT2D eigenvalue weighted by Crippen LogP contribution is 2.43. The molecule has 0 radical (unpaired) electrons. The van der Waals surface area contributed by atoms with Crippen molar-refractivity contribution in [3.05, 3.63) is 65.4 Å². The van der Waals surface area contributed by atoms with Gasteiger partial charge in [0.25, 0.3) is 0 Å². The molecule has 36 heavy (non-hydrogen) atoms. The fraction of sp³-hybridized carbons (Fsp3) is 0.464. The lowest BCUT2D eigenvalue weighted by Gasteiger charge is -2.42. The number of aromatic nitrogens is 1. The lowest BCUT2D eigenvalue weighted by molar-refractivity contribution is -0.0139. The quantitative estimate of drug-likeness (QED) is 0.325. The van der Waals surface area contributed by atoms with E-state index in [0.717, 1.165) is 48.5 Å². The van der Waals surface area contributed by atoms with Crippen molar-refractivity contribution in [1.29, 1.82) is 0 Å². The summed E-state index contributed by atoms with van der Waals surface area (Å²) in [5.41, 5.74) is 2.02. The molecule has 2 aromatic carbocycles. The number of aliphatic hydroxyl groups is 1. The Morgan fingerprint density at radius 1 is 1.11 bits per heavy atom. The van der Waals surface area contributed by atoms with E-state index in [0.29, 0.717) is 36.4 Å². The predicted molar refractivity (Wildman–Crippen MR) is 136 cm³/mol. The van der Waals surface area contributed by atoms with E-state index in [4.69, 9.17) is 4.74 Å². The van der Waals surface area contributed by atoms with E-state index in [1.807, 2.05) is 25.1 Å². The lowest BCUT2D eigenvalue weighted by atomic mass is 9.69. The van der Waals surface area contributed by atoms with Gasteiger partial charge in [0.1, 0.15) is 23.6 Å². The number of nitrogens with one attached hydrogen (secondary N) is 2. The number of hydrogen-bond donors (Lipinski definition) is 3. The third-order valence-electron chi connectivity index (χ3n) is 7.44. The molecule has 4 rings (SSSR count). The molecule has 1 aliphatic heterocycles. The van der Waals surface area contributed by atoms with Crippen LogP contribution in [0.2, 0.25) is 0 Å². The van der Waals surface area contributed by atoms with Crippen LogP contribution in [0.25, 0.3) is 10.9 Å². The largest absolute Gasteiger partial charge is 0.497 e. The Labute approximate surface area is 210 Å². The number of piperidine rings is 1. The number of fused-ring (bicyclic) bond motifs is 1. The second-order valence-corrected chi connectivity index (χ2v) is 9.75. The standard InChI is InChI=1S/C28H34F3N3O2/c1-18-17-34-25-4-3-22(36-2)16-23(25)27(18)24(31)5-7-28(8-11-32-12-9-28)26(35)6-10-33-21-14-19(29)13-20(30)15-21/h3-4,13-17,24,26,32-33,35H,5-12H2,1-2H3/t24-,26+/m1/s1. The summed E-state index contributed by atoms with van der Waals surface area (Å²) in [7, 11) is 1.58. The number of hydrogen-bond acceptors (Lipinski definition) is 5. The number of aryl methyl sites for hydroxylation is 1. The van der Waals surface area contributed by atoms with Crippen LogP contribution in [0.15, 0.2) is 42.6 Å². The Kier molecular flexibility index (Phi) is 8.36. The van der Waals surface area contributed by atoms with Crippen LogP contribution < -0.4 is 15.4 Å². The summed E-state index contributed by atoms with van der Waals surface area (Å²) in [6.45, 7) is 3.73. The molecular weight excluding hydrogens is 467 g/mol. The minimum absolute atomic E-state index is 0.275. The first-order valence-corrected chi connectivity index (χ1v) is 12.5. The minimum Gasteiger partial charge on any atom is -0.497 e. The highest BCUT2D eigenvalue weighted by Gasteiger charge is 2.39. The molecule has 5 nitrogen and oxygen atoms in total. The zero-order valence-electron chi connectivity index (χ0n) is 20.8. The molecule has 1 fully saturated rings. The zero-order valence-corrected chi connectivity index (χ0v) is 20.8. The lowest BCUT2D eigenvalue weighted by Crippen LogP contribution is -2.45. The molecule has 0 spiro atoms. The van der Waals surface area contributed by atoms with Crippen LogP contribution >= 0.6 is 0 Å². The predicted octanol–water partition coefficient (Wildman–Crippen LogP) is 5.85. The number of pyridine rings is 1. The number of benzene rings is 2. The van der Waals surface area contributed by atoms with E-state index in [-0.39, 0.29) is 6.42 Å². The summed E-state index contributed by atoms with van der Waals surface area (Å²) >= 11 is 0. The van der Waals surface area contributed by atoms with Crippen LogP contribution in [0.3, 0.4) is 0 Å². The number of anilines is 1. The maximum absolute atomic E-state index is 15.8. The summed E-state index contributed by atoms with van der Waals surface area (Å²) in [6, 6.07) is 8.74.